The molecule has 2 N–H and O–H groups in total. The van der Waals surface area contributed by atoms with Crippen molar-refractivity contribution in [2.45, 2.75) is 18.7 Å². The summed E-state index contributed by atoms with van der Waals surface area (Å²) in [6.45, 7) is 4.74. The van der Waals surface area contributed by atoms with Crippen molar-refractivity contribution in [3.63, 3.8) is 0 Å². The molecule has 0 bridgehead atoms. The highest BCUT2D eigenvalue weighted by Crippen LogP contribution is 2.25. The molecule has 0 heterocycles. The molecule has 162 valence electrons. The summed E-state index contributed by atoms with van der Waals surface area (Å²) in [5.41, 5.74) is 1.28. The van der Waals surface area contributed by atoms with Crippen LogP contribution in [0.1, 0.15) is 24.2 Å². The fourth-order valence-electron chi connectivity index (χ4n) is 2.83. The van der Waals surface area contributed by atoms with Crippen LogP contribution < -0.4 is 19.5 Å². The Balaban J connectivity index is 1.70. The van der Waals surface area contributed by atoms with Crippen molar-refractivity contribution in [2.75, 3.05) is 23.3 Å². The number of rotatable bonds is 9. The number of carbonyl (C=O) groups excluding carboxylic acids is 1. The van der Waals surface area contributed by atoms with Gasteiger partial charge in [-0.1, -0.05) is 12.1 Å². The first kappa shape index (κ1) is 22.2. The highest BCUT2D eigenvalue weighted by molar-refractivity contribution is 7.92. The Morgan fingerprint density at radius 2 is 1.48 bits per heavy atom. The minimum atomic E-state index is -3.80. The first-order valence-corrected chi connectivity index (χ1v) is 11.3. The molecule has 0 spiro atoms. The molecule has 0 aliphatic rings. The Labute approximate surface area is 182 Å². The van der Waals surface area contributed by atoms with Crippen molar-refractivity contribution in [2.24, 2.45) is 0 Å². The molecule has 0 atom stereocenters. The van der Waals surface area contributed by atoms with E-state index in [9.17, 15) is 13.2 Å². The van der Waals surface area contributed by atoms with Gasteiger partial charge in [-0.05, 0) is 74.5 Å². The Morgan fingerprint density at radius 3 is 2.13 bits per heavy atom. The van der Waals surface area contributed by atoms with Gasteiger partial charge in [0.05, 0.1) is 23.8 Å². The minimum absolute atomic E-state index is 0.0488. The van der Waals surface area contributed by atoms with Gasteiger partial charge in [0.2, 0.25) is 0 Å². The van der Waals surface area contributed by atoms with Crippen LogP contribution in [0.2, 0.25) is 0 Å². The van der Waals surface area contributed by atoms with Crippen LogP contribution in [0.25, 0.3) is 0 Å². The molecular weight excluding hydrogens is 416 g/mol. The summed E-state index contributed by atoms with van der Waals surface area (Å²) in [6, 6.07) is 19.4. The lowest BCUT2D eigenvalue weighted by Crippen LogP contribution is -2.15. The average Bonchev–Trinajstić information content (AvgIpc) is 2.77. The van der Waals surface area contributed by atoms with Gasteiger partial charge in [-0.15, -0.1) is 0 Å². The number of benzene rings is 3. The lowest BCUT2D eigenvalue weighted by Gasteiger charge is -2.12. The van der Waals surface area contributed by atoms with E-state index in [-0.39, 0.29) is 10.8 Å². The van der Waals surface area contributed by atoms with Crippen molar-refractivity contribution in [1.29, 1.82) is 0 Å². The lowest BCUT2D eigenvalue weighted by atomic mass is 10.2. The second-order valence-corrected chi connectivity index (χ2v) is 8.15. The zero-order valence-corrected chi connectivity index (χ0v) is 18.1. The molecule has 0 aromatic heterocycles. The van der Waals surface area contributed by atoms with Crippen LogP contribution in [0.4, 0.5) is 11.4 Å². The van der Waals surface area contributed by atoms with Crippen LogP contribution in [-0.2, 0) is 10.0 Å². The van der Waals surface area contributed by atoms with Crippen LogP contribution in [0.15, 0.2) is 77.7 Å². The summed E-state index contributed by atoms with van der Waals surface area (Å²) < 4.78 is 38.7. The third-order valence-electron chi connectivity index (χ3n) is 4.28. The van der Waals surface area contributed by atoms with Gasteiger partial charge >= 0.3 is 0 Å². The molecule has 3 aromatic carbocycles. The lowest BCUT2D eigenvalue weighted by molar-refractivity contribution is 0.102. The van der Waals surface area contributed by atoms with Gasteiger partial charge < -0.3 is 14.8 Å². The van der Waals surface area contributed by atoms with Gasteiger partial charge in [0.1, 0.15) is 11.5 Å². The summed E-state index contributed by atoms with van der Waals surface area (Å²) in [4.78, 5) is 12.6. The molecule has 7 nitrogen and oxygen atoms in total. The smallest absolute Gasteiger partial charge is 0.261 e. The molecule has 0 aliphatic carbocycles. The summed E-state index contributed by atoms with van der Waals surface area (Å²) in [5.74, 6) is 0.861. The maximum absolute atomic E-state index is 12.6. The standard InChI is InChI=1S/C23H24N2O5S/c1-3-29-19-13-11-18(12-14-19)25-31(27,28)20-15-9-17(10-16-20)23(26)24-21-7-5-6-8-22(21)30-4-2/h5-16,25H,3-4H2,1-2H3,(H,24,26). The van der Waals surface area contributed by atoms with Crippen LogP contribution in [0.3, 0.4) is 0 Å². The highest BCUT2D eigenvalue weighted by atomic mass is 32.2. The summed E-state index contributed by atoms with van der Waals surface area (Å²) >= 11 is 0. The van der Waals surface area contributed by atoms with E-state index in [0.29, 0.717) is 41.7 Å². The molecule has 31 heavy (non-hydrogen) atoms. The highest BCUT2D eigenvalue weighted by Gasteiger charge is 2.16. The van der Waals surface area contributed by atoms with Crippen molar-refractivity contribution in [1.82, 2.24) is 0 Å². The number of nitrogens with one attached hydrogen (secondary N) is 2. The average molecular weight is 441 g/mol. The van der Waals surface area contributed by atoms with Crippen molar-refractivity contribution >= 4 is 27.3 Å². The number of amides is 1. The van der Waals surface area contributed by atoms with E-state index in [0.717, 1.165) is 0 Å². The number of hydrogen-bond donors (Lipinski definition) is 2. The van der Waals surface area contributed by atoms with Gasteiger partial charge in [-0.25, -0.2) is 8.42 Å². The Morgan fingerprint density at radius 1 is 0.839 bits per heavy atom. The van der Waals surface area contributed by atoms with Crippen LogP contribution in [0, 0.1) is 0 Å². The second kappa shape index (κ2) is 9.99. The van der Waals surface area contributed by atoms with Crippen molar-refractivity contribution in [3.8, 4) is 11.5 Å². The Bertz CT molecular complexity index is 1130. The molecule has 0 aliphatic heterocycles. The molecular formula is C23H24N2O5S. The third kappa shape index (κ3) is 5.76. The van der Waals surface area contributed by atoms with E-state index in [1.54, 1.807) is 42.5 Å². The number of ether oxygens (including phenoxy) is 2. The number of sulfonamides is 1. The Hall–Kier alpha value is -3.52. The van der Waals surface area contributed by atoms with Gasteiger partial charge in [-0.3, -0.25) is 9.52 Å². The summed E-state index contributed by atoms with van der Waals surface area (Å²) in [7, 11) is -3.80. The molecule has 0 saturated heterocycles. The molecule has 0 fully saturated rings. The van der Waals surface area contributed by atoms with E-state index in [4.69, 9.17) is 9.47 Å². The third-order valence-corrected chi connectivity index (χ3v) is 5.68. The second-order valence-electron chi connectivity index (χ2n) is 6.47. The van der Waals surface area contributed by atoms with Crippen molar-refractivity contribution < 1.29 is 22.7 Å². The predicted octanol–water partition coefficient (Wildman–Crippen LogP) is 4.54. The topological polar surface area (TPSA) is 93.7 Å². The van der Waals surface area contributed by atoms with Gasteiger partial charge in [0, 0.05) is 11.3 Å². The molecule has 8 heteroatoms. The summed E-state index contributed by atoms with van der Waals surface area (Å²) in [6.07, 6.45) is 0. The maximum Gasteiger partial charge on any atom is 0.261 e. The minimum Gasteiger partial charge on any atom is -0.494 e. The molecule has 3 aromatic rings. The van der Waals surface area contributed by atoms with Crippen LogP contribution in [0.5, 0.6) is 11.5 Å². The van der Waals surface area contributed by atoms with E-state index < -0.39 is 10.0 Å². The normalized spacial score (nSPS) is 10.9. The predicted molar refractivity (Wildman–Crippen MR) is 120 cm³/mol. The molecule has 0 saturated carbocycles. The largest absolute Gasteiger partial charge is 0.494 e. The van der Waals surface area contributed by atoms with Gasteiger partial charge in [0.15, 0.2) is 0 Å². The zero-order chi connectivity index (χ0) is 22.3. The van der Waals surface area contributed by atoms with E-state index >= 15 is 0 Å². The van der Waals surface area contributed by atoms with Crippen LogP contribution in [-0.4, -0.2) is 27.5 Å². The fraction of sp³-hybridized carbons (Fsp3) is 0.174. The fourth-order valence-corrected chi connectivity index (χ4v) is 3.89. The Kier molecular flexibility index (Phi) is 7.15. The molecule has 1 amide bonds. The zero-order valence-electron chi connectivity index (χ0n) is 17.3. The molecule has 0 radical (unpaired) electrons. The van der Waals surface area contributed by atoms with Gasteiger partial charge in [0.25, 0.3) is 15.9 Å². The number of carbonyl (C=O) groups is 1. The first-order chi connectivity index (χ1) is 14.9. The first-order valence-electron chi connectivity index (χ1n) is 9.82. The van der Waals surface area contributed by atoms with Gasteiger partial charge in [-0.2, -0.15) is 0 Å². The number of hydrogen-bond acceptors (Lipinski definition) is 5. The maximum atomic E-state index is 12.6. The quantitative estimate of drug-likeness (QED) is 0.510. The van der Waals surface area contributed by atoms with E-state index in [1.807, 2.05) is 19.9 Å². The molecule has 0 unspecified atom stereocenters. The van der Waals surface area contributed by atoms with Crippen molar-refractivity contribution in [3.05, 3.63) is 78.4 Å². The number of anilines is 2. The monoisotopic (exact) mass is 440 g/mol. The van der Waals surface area contributed by atoms with Crippen LogP contribution >= 0.6 is 0 Å². The van der Waals surface area contributed by atoms with E-state index in [1.165, 1.54) is 24.3 Å². The SMILES string of the molecule is CCOc1ccc(NS(=O)(=O)c2ccc(C(=O)Nc3ccccc3OCC)cc2)cc1. The molecule has 3 rings (SSSR count). The van der Waals surface area contributed by atoms with E-state index in [2.05, 4.69) is 10.0 Å². The number of para-hydroxylation sites is 2. The summed E-state index contributed by atoms with van der Waals surface area (Å²) in [5, 5.41) is 2.78.